The molecule has 0 saturated carbocycles. The van der Waals surface area contributed by atoms with Crippen LogP contribution in [0.2, 0.25) is 0 Å². The van der Waals surface area contributed by atoms with E-state index >= 15 is 0 Å². The van der Waals surface area contributed by atoms with E-state index in [0.717, 1.165) is 26.6 Å². The van der Waals surface area contributed by atoms with Crippen LogP contribution in [0, 0.1) is 0 Å². The van der Waals surface area contributed by atoms with Gasteiger partial charge in [-0.05, 0) is 49.1 Å². The molecular formula is C26H29BrN2O2. The number of benzene rings is 2. The molecule has 0 bridgehead atoms. The Kier molecular flexibility index (Phi) is 5.93. The van der Waals surface area contributed by atoms with Gasteiger partial charge in [0.05, 0.1) is 29.0 Å². The molecular weight excluding hydrogens is 452 g/mol. The normalized spacial score (nSPS) is 19.6. The molecule has 3 aromatic rings. The van der Waals surface area contributed by atoms with Crippen LogP contribution >= 0.6 is 15.9 Å². The summed E-state index contributed by atoms with van der Waals surface area (Å²) in [7, 11) is 0. The zero-order valence-electron chi connectivity index (χ0n) is 18.8. The molecule has 1 aliphatic rings. The van der Waals surface area contributed by atoms with Gasteiger partial charge in [-0.2, -0.15) is 0 Å². The van der Waals surface area contributed by atoms with Gasteiger partial charge >= 0.3 is 0 Å². The summed E-state index contributed by atoms with van der Waals surface area (Å²) in [5.41, 5.74) is 4.69. The fourth-order valence-electron chi connectivity index (χ4n) is 4.18. The Morgan fingerprint density at radius 3 is 2.29 bits per heavy atom. The van der Waals surface area contributed by atoms with Crippen molar-refractivity contribution in [2.24, 2.45) is 0 Å². The average Bonchev–Trinajstić information content (AvgIpc) is 2.71. The number of morpholine rings is 1. The lowest BCUT2D eigenvalue weighted by atomic mass is 9.86. The molecule has 1 fully saturated rings. The molecule has 1 amide bonds. The van der Waals surface area contributed by atoms with Crippen molar-refractivity contribution in [2.75, 3.05) is 13.1 Å². The Morgan fingerprint density at radius 2 is 1.68 bits per heavy atom. The van der Waals surface area contributed by atoms with Crippen LogP contribution in [-0.2, 0) is 10.2 Å². The number of halogens is 1. The van der Waals surface area contributed by atoms with E-state index in [1.54, 1.807) is 0 Å². The minimum Gasteiger partial charge on any atom is -0.372 e. The standard InChI is InChI=1S/C26H29BrN2O2/c1-16-14-29(15-17(2)31-16)25(30)22-13-24(28-23-11-10-20(27)12-21(22)23)18-6-8-19(9-7-18)26(3,4)5/h6-13,16-17H,14-15H2,1-5H3/t16-,17+. The lowest BCUT2D eigenvalue weighted by Crippen LogP contribution is -2.48. The molecule has 0 N–H and O–H groups in total. The van der Waals surface area contributed by atoms with Crippen molar-refractivity contribution in [2.45, 2.75) is 52.2 Å². The van der Waals surface area contributed by atoms with Crippen LogP contribution in [0.4, 0.5) is 0 Å². The van der Waals surface area contributed by atoms with Gasteiger partial charge in [0, 0.05) is 28.5 Å². The highest BCUT2D eigenvalue weighted by atomic mass is 79.9. The summed E-state index contributed by atoms with van der Waals surface area (Å²) in [5, 5.41) is 0.862. The van der Waals surface area contributed by atoms with Crippen molar-refractivity contribution in [3.63, 3.8) is 0 Å². The first kappa shape index (κ1) is 22.0. The molecule has 5 heteroatoms. The van der Waals surface area contributed by atoms with E-state index in [9.17, 15) is 4.79 Å². The summed E-state index contributed by atoms with van der Waals surface area (Å²) in [4.78, 5) is 20.4. The lowest BCUT2D eigenvalue weighted by Gasteiger charge is -2.35. The first-order chi connectivity index (χ1) is 14.6. The Bertz CT molecular complexity index is 1110. The van der Waals surface area contributed by atoms with Crippen LogP contribution in [0.3, 0.4) is 0 Å². The topological polar surface area (TPSA) is 42.4 Å². The predicted octanol–water partition coefficient (Wildman–Crippen LogP) is 6.21. The number of carbonyl (C=O) groups excluding carboxylic acids is 1. The molecule has 1 saturated heterocycles. The number of rotatable bonds is 2. The first-order valence-corrected chi connectivity index (χ1v) is 11.6. The first-order valence-electron chi connectivity index (χ1n) is 10.8. The van der Waals surface area contributed by atoms with Gasteiger partial charge in [0.1, 0.15) is 0 Å². The van der Waals surface area contributed by atoms with Crippen LogP contribution in [0.1, 0.15) is 50.5 Å². The van der Waals surface area contributed by atoms with E-state index in [1.807, 2.05) is 43.0 Å². The second-order valence-corrected chi connectivity index (χ2v) is 10.4. The molecule has 2 heterocycles. The minimum absolute atomic E-state index is 0.0250. The maximum absolute atomic E-state index is 13.6. The quantitative estimate of drug-likeness (QED) is 0.437. The molecule has 0 radical (unpaired) electrons. The Morgan fingerprint density at radius 1 is 1.03 bits per heavy atom. The number of fused-ring (bicyclic) bond motifs is 1. The highest BCUT2D eigenvalue weighted by Crippen LogP contribution is 2.30. The lowest BCUT2D eigenvalue weighted by molar-refractivity contribution is -0.0585. The van der Waals surface area contributed by atoms with Crippen molar-refractivity contribution in [1.82, 2.24) is 9.88 Å². The zero-order chi connectivity index (χ0) is 22.3. The van der Waals surface area contributed by atoms with E-state index < -0.39 is 0 Å². The molecule has 162 valence electrons. The molecule has 0 aliphatic carbocycles. The van der Waals surface area contributed by atoms with Gasteiger partial charge in [0.15, 0.2) is 0 Å². The number of aromatic nitrogens is 1. The molecule has 2 aromatic carbocycles. The predicted molar refractivity (Wildman–Crippen MR) is 129 cm³/mol. The molecule has 0 spiro atoms. The van der Waals surface area contributed by atoms with E-state index in [4.69, 9.17) is 9.72 Å². The molecule has 4 rings (SSSR count). The summed E-state index contributed by atoms with van der Waals surface area (Å²) >= 11 is 3.55. The van der Waals surface area contributed by atoms with Crippen LogP contribution < -0.4 is 0 Å². The fraction of sp³-hybridized carbons (Fsp3) is 0.385. The molecule has 1 aromatic heterocycles. The number of carbonyl (C=O) groups is 1. The third-order valence-electron chi connectivity index (χ3n) is 5.75. The third kappa shape index (κ3) is 4.68. The fourth-order valence-corrected chi connectivity index (χ4v) is 4.54. The molecule has 31 heavy (non-hydrogen) atoms. The van der Waals surface area contributed by atoms with Crippen molar-refractivity contribution < 1.29 is 9.53 Å². The van der Waals surface area contributed by atoms with Crippen LogP contribution in [0.25, 0.3) is 22.2 Å². The van der Waals surface area contributed by atoms with Gasteiger partial charge in [0.25, 0.3) is 5.91 Å². The third-order valence-corrected chi connectivity index (χ3v) is 6.25. The van der Waals surface area contributed by atoms with Gasteiger partial charge < -0.3 is 9.64 Å². The highest BCUT2D eigenvalue weighted by Gasteiger charge is 2.28. The zero-order valence-corrected chi connectivity index (χ0v) is 20.4. The largest absolute Gasteiger partial charge is 0.372 e. The maximum Gasteiger partial charge on any atom is 0.254 e. The number of nitrogens with zero attached hydrogens (tertiary/aromatic N) is 2. The van der Waals surface area contributed by atoms with Crippen LogP contribution in [0.5, 0.6) is 0 Å². The van der Waals surface area contributed by atoms with E-state index in [1.165, 1.54) is 5.56 Å². The van der Waals surface area contributed by atoms with E-state index in [-0.39, 0.29) is 23.5 Å². The smallest absolute Gasteiger partial charge is 0.254 e. The van der Waals surface area contributed by atoms with Crippen molar-refractivity contribution in [3.05, 3.63) is 64.1 Å². The summed E-state index contributed by atoms with van der Waals surface area (Å²) in [6.45, 7) is 11.8. The van der Waals surface area contributed by atoms with Gasteiger partial charge in [-0.25, -0.2) is 4.98 Å². The summed E-state index contributed by atoms with van der Waals surface area (Å²) in [6.07, 6.45) is 0.0499. The second kappa shape index (κ2) is 8.36. The number of hydrogen-bond acceptors (Lipinski definition) is 3. The highest BCUT2D eigenvalue weighted by molar-refractivity contribution is 9.10. The molecule has 1 aliphatic heterocycles. The number of ether oxygens (including phenoxy) is 1. The maximum atomic E-state index is 13.6. The Labute approximate surface area is 192 Å². The SMILES string of the molecule is C[C@@H]1CN(C(=O)c2cc(-c3ccc(C(C)(C)C)cc3)nc3ccc(Br)cc23)C[C@H](C)O1. The van der Waals surface area contributed by atoms with Crippen molar-refractivity contribution >= 4 is 32.7 Å². The monoisotopic (exact) mass is 480 g/mol. The minimum atomic E-state index is 0.0250. The van der Waals surface area contributed by atoms with Crippen molar-refractivity contribution in [3.8, 4) is 11.3 Å². The second-order valence-electron chi connectivity index (χ2n) is 9.51. The summed E-state index contributed by atoms with van der Waals surface area (Å²) < 4.78 is 6.76. The van der Waals surface area contributed by atoms with Crippen LogP contribution in [0.15, 0.2) is 53.0 Å². The number of amides is 1. The van der Waals surface area contributed by atoms with Gasteiger partial charge in [0.2, 0.25) is 0 Å². The van der Waals surface area contributed by atoms with Crippen molar-refractivity contribution in [1.29, 1.82) is 0 Å². The molecule has 4 nitrogen and oxygen atoms in total. The van der Waals surface area contributed by atoms with Crippen LogP contribution in [-0.4, -0.2) is 41.1 Å². The Balaban J connectivity index is 1.80. The van der Waals surface area contributed by atoms with Gasteiger partial charge in [-0.15, -0.1) is 0 Å². The Hall–Kier alpha value is -2.24. The van der Waals surface area contributed by atoms with E-state index in [2.05, 4.69) is 61.0 Å². The molecule has 0 unspecified atom stereocenters. The summed E-state index contributed by atoms with van der Waals surface area (Å²) in [6, 6.07) is 16.3. The average molecular weight is 481 g/mol. The molecule has 2 atom stereocenters. The van der Waals surface area contributed by atoms with E-state index in [0.29, 0.717) is 18.7 Å². The van der Waals surface area contributed by atoms with Gasteiger partial charge in [-0.3, -0.25) is 4.79 Å². The van der Waals surface area contributed by atoms with Gasteiger partial charge in [-0.1, -0.05) is 61.0 Å². The number of pyridine rings is 1. The number of hydrogen-bond donors (Lipinski definition) is 0. The summed E-state index contributed by atoms with van der Waals surface area (Å²) in [5.74, 6) is 0.0278.